The Balaban J connectivity index is 0.00000192. The summed E-state index contributed by atoms with van der Waals surface area (Å²) >= 11 is 0. The van der Waals surface area contributed by atoms with Crippen molar-refractivity contribution in [3.05, 3.63) is 0 Å². The van der Waals surface area contributed by atoms with E-state index in [1.807, 2.05) is 7.05 Å². The summed E-state index contributed by atoms with van der Waals surface area (Å²) in [6.07, 6.45) is 7.24. The lowest BCUT2D eigenvalue weighted by molar-refractivity contribution is 0.103. The van der Waals surface area contributed by atoms with E-state index in [1.165, 1.54) is 51.7 Å². The summed E-state index contributed by atoms with van der Waals surface area (Å²) in [5, 5.41) is 3.72. The lowest BCUT2D eigenvalue weighted by Crippen LogP contribution is -2.55. The van der Waals surface area contributed by atoms with E-state index in [-0.39, 0.29) is 24.0 Å². The van der Waals surface area contributed by atoms with Crippen LogP contribution in [0.1, 0.15) is 46.0 Å². The second-order valence-electron chi connectivity index (χ2n) is 8.07. The highest BCUT2D eigenvalue weighted by Gasteiger charge is 2.48. The van der Waals surface area contributed by atoms with E-state index in [0.717, 1.165) is 37.4 Å². The molecule has 1 N–H and O–H groups in total. The molecule has 2 aliphatic carbocycles. The molecule has 1 saturated heterocycles. The monoisotopic (exact) mass is 434 g/mol. The van der Waals surface area contributed by atoms with Crippen LogP contribution in [0.4, 0.5) is 0 Å². The molecule has 134 valence electrons. The highest BCUT2D eigenvalue weighted by molar-refractivity contribution is 14.0. The minimum absolute atomic E-state index is 0. The minimum Gasteiger partial charge on any atom is -0.356 e. The van der Waals surface area contributed by atoms with E-state index >= 15 is 0 Å². The molecule has 0 aromatic rings. The summed E-state index contributed by atoms with van der Waals surface area (Å²) in [5.41, 5.74) is 0.620. The molecule has 3 rings (SSSR count). The van der Waals surface area contributed by atoms with Crippen molar-refractivity contribution in [1.29, 1.82) is 0 Å². The SMILES string of the molecule is CN=C(NCC1(C2CC2)CCC1)N1CCN(CC(C)C)CC1.I. The Labute approximate surface area is 159 Å². The molecule has 0 bridgehead atoms. The minimum atomic E-state index is 0. The third-order valence-electron chi connectivity index (χ3n) is 5.90. The van der Waals surface area contributed by atoms with Gasteiger partial charge in [0.1, 0.15) is 0 Å². The molecular formula is C18H35IN4. The third-order valence-corrected chi connectivity index (χ3v) is 5.90. The molecule has 0 aromatic carbocycles. The number of hydrogen-bond acceptors (Lipinski definition) is 2. The van der Waals surface area contributed by atoms with Gasteiger partial charge in [-0.3, -0.25) is 9.89 Å². The lowest BCUT2D eigenvalue weighted by atomic mass is 9.65. The third kappa shape index (κ3) is 4.74. The van der Waals surface area contributed by atoms with Crippen molar-refractivity contribution < 1.29 is 0 Å². The summed E-state index contributed by atoms with van der Waals surface area (Å²) in [6, 6.07) is 0. The first-order valence-corrected chi connectivity index (χ1v) is 9.31. The molecule has 3 fully saturated rings. The quantitative estimate of drug-likeness (QED) is 0.410. The van der Waals surface area contributed by atoms with Crippen molar-refractivity contribution in [3.8, 4) is 0 Å². The van der Waals surface area contributed by atoms with Gasteiger partial charge >= 0.3 is 0 Å². The van der Waals surface area contributed by atoms with E-state index in [4.69, 9.17) is 0 Å². The van der Waals surface area contributed by atoms with Gasteiger partial charge in [0.05, 0.1) is 0 Å². The largest absolute Gasteiger partial charge is 0.356 e. The van der Waals surface area contributed by atoms with Crippen LogP contribution in [-0.2, 0) is 0 Å². The van der Waals surface area contributed by atoms with Gasteiger partial charge in [0.25, 0.3) is 0 Å². The molecule has 3 aliphatic rings. The van der Waals surface area contributed by atoms with Crippen LogP contribution in [0.3, 0.4) is 0 Å². The molecule has 5 heteroatoms. The maximum Gasteiger partial charge on any atom is 0.193 e. The number of hydrogen-bond donors (Lipinski definition) is 1. The molecular weight excluding hydrogens is 399 g/mol. The van der Waals surface area contributed by atoms with Gasteiger partial charge in [0.15, 0.2) is 5.96 Å². The van der Waals surface area contributed by atoms with E-state index < -0.39 is 0 Å². The number of guanidine groups is 1. The van der Waals surface area contributed by atoms with Crippen molar-refractivity contribution in [2.45, 2.75) is 46.0 Å². The van der Waals surface area contributed by atoms with E-state index in [9.17, 15) is 0 Å². The molecule has 0 aromatic heterocycles. The number of halogens is 1. The standard InChI is InChI=1S/C18H34N4.HI/c1-15(2)13-21-9-11-22(12-10-21)17(19-3)20-14-18(7-4-8-18)16-5-6-16;/h15-16H,4-14H2,1-3H3,(H,19,20);1H. The van der Waals surface area contributed by atoms with Crippen LogP contribution >= 0.6 is 24.0 Å². The van der Waals surface area contributed by atoms with Crippen molar-refractivity contribution in [1.82, 2.24) is 15.1 Å². The Morgan fingerprint density at radius 1 is 1.17 bits per heavy atom. The van der Waals surface area contributed by atoms with E-state index in [2.05, 4.69) is 34.0 Å². The molecule has 0 radical (unpaired) electrons. The van der Waals surface area contributed by atoms with E-state index in [0.29, 0.717) is 5.41 Å². The zero-order chi connectivity index (χ0) is 15.6. The summed E-state index contributed by atoms with van der Waals surface area (Å²) in [5.74, 6) is 2.91. The average molecular weight is 434 g/mol. The van der Waals surface area contributed by atoms with Crippen molar-refractivity contribution in [2.75, 3.05) is 46.3 Å². The number of nitrogens with one attached hydrogen (secondary N) is 1. The molecule has 0 atom stereocenters. The van der Waals surface area contributed by atoms with Crippen molar-refractivity contribution >= 4 is 29.9 Å². The van der Waals surface area contributed by atoms with Crippen LogP contribution in [0.2, 0.25) is 0 Å². The molecule has 4 nitrogen and oxygen atoms in total. The summed E-state index contributed by atoms with van der Waals surface area (Å²) in [4.78, 5) is 9.60. The van der Waals surface area contributed by atoms with Crippen LogP contribution < -0.4 is 5.32 Å². The first-order valence-electron chi connectivity index (χ1n) is 9.31. The maximum absolute atomic E-state index is 4.55. The second-order valence-corrected chi connectivity index (χ2v) is 8.07. The highest BCUT2D eigenvalue weighted by atomic mass is 127. The second kappa shape index (κ2) is 8.37. The fourth-order valence-corrected chi connectivity index (χ4v) is 4.30. The fraction of sp³-hybridized carbons (Fsp3) is 0.944. The first kappa shape index (κ1) is 19.3. The topological polar surface area (TPSA) is 30.9 Å². The number of rotatable bonds is 5. The van der Waals surface area contributed by atoms with Crippen LogP contribution in [0.5, 0.6) is 0 Å². The molecule has 0 amide bonds. The number of aliphatic imine (C=N–C) groups is 1. The lowest BCUT2D eigenvalue weighted by Gasteiger charge is -2.44. The van der Waals surface area contributed by atoms with Gasteiger partial charge in [-0.2, -0.15) is 0 Å². The Bertz CT molecular complexity index is 394. The van der Waals surface area contributed by atoms with Gasteiger partial charge in [-0.1, -0.05) is 20.3 Å². The summed E-state index contributed by atoms with van der Waals surface area (Å²) in [7, 11) is 1.94. The summed E-state index contributed by atoms with van der Waals surface area (Å²) in [6.45, 7) is 11.6. The van der Waals surface area contributed by atoms with Crippen molar-refractivity contribution in [2.24, 2.45) is 22.2 Å². The van der Waals surface area contributed by atoms with E-state index in [1.54, 1.807) is 0 Å². The normalized spacial score (nSPS) is 25.0. The first-order chi connectivity index (χ1) is 10.6. The summed E-state index contributed by atoms with van der Waals surface area (Å²) < 4.78 is 0. The molecule has 23 heavy (non-hydrogen) atoms. The van der Waals surface area contributed by atoms with Gasteiger partial charge in [-0.05, 0) is 42.9 Å². The van der Waals surface area contributed by atoms with Crippen LogP contribution in [0.25, 0.3) is 0 Å². The van der Waals surface area contributed by atoms with Crippen LogP contribution in [-0.4, -0.2) is 62.1 Å². The Hall–Kier alpha value is -0.0400. The molecule has 0 unspecified atom stereocenters. The fourth-order valence-electron chi connectivity index (χ4n) is 4.30. The molecule has 1 heterocycles. The van der Waals surface area contributed by atoms with Gasteiger partial charge in [-0.15, -0.1) is 24.0 Å². The van der Waals surface area contributed by atoms with Gasteiger partial charge in [0.2, 0.25) is 0 Å². The maximum atomic E-state index is 4.55. The Morgan fingerprint density at radius 3 is 2.26 bits per heavy atom. The van der Waals surface area contributed by atoms with Gasteiger partial charge in [-0.25, -0.2) is 0 Å². The van der Waals surface area contributed by atoms with Crippen molar-refractivity contribution in [3.63, 3.8) is 0 Å². The predicted octanol–water partition coefficient (Wildman–Crippen LogP) is 3.03. The predicted molar refractivity (Wildman–Crippen MR) is 109 cm³/mol. The number of nitrogens with zero attached hydrogens (tertiary/aromatic N) is 3. The van der Waals surface area contributed by atoms with Gasteiger partial charge < -0.3 is 10.2 Å². The van der Waals surface area contributed by atoms with Gasteiger partial charge in [0, 0.05) is 46.3 Å². The smallest absolute Gasteiger partial charge is 0.193 e. The molecule has 2 saturated carbocycles. The zero-order valence-corrected chi connectivity index (χ0v) is 17.5. The number of piperazine rings is 1. The van der Waals surface area contributed by atoms with Crippen LogP contribution in [0, 0.1) is 17.3 Å². The average Bonchev–Trinajstić information content (AvgIpc) is 3.27. The molecule has 1 aliphatic heterocycles. The Kier molecular flexibility index (Phi) is 7.01. The highest BCUT2D eigenvalue weighted by Crippen LogP contribution is 2.56. The Morgan fingerprint density at radius 2 is 1.83 bits per heavy atom. The molecule has 0 spiro atoms. The van der Waals surface area contributed by atoms with Crippen LogP contribution in [0.15, 0.2) is 4.99 Å². The zero-order valence-electron chi connectivity index (χ0n) is 15.2.